The van der Waals surface area contributed by atoms with E-state index in [1.807, 2.05) is 58.0 Å². The summed E-state index contributed by atoms with van der Waals surface area (Å²) in [5.41, 5.74) is 0. The number of fused-ring (bicyclic) bond motifs is 1. The van der Waals surface area contributed by atoms with Gasteiger partial charge >= 0.3 is 10.8 Å². The van der Waals surface area contributed by atoms with Gasteiger partial charge in [0.15, 0.2) is 0 Å². The fourth-order valence-electron chi connectivity index (χ4n) is 0.784. The van der Waals surface area contributed by atoms with Crippen LogP contribution in [0.15, 0.2) is 11.9 Å². The van der Waals surface area contributed by atoms with Gasteiger partial charge in [-0.15, -0.1) is 0 Å². The van der Waals surface area contributed by atoms with Gasteiger partial charge in [-0.2, -0.15) is 0 Å². The van der Waals surface area contributed by atoms with Crippen LogP contribution < -0.4 is 0 Å². The van der Waals surface area contributed by atoms with Crippen LogP contribution in [0.25, 0.3) is 0 Å². The SMILES string of the molecule is CSc1sc2c([s+]1)SCCS2.F[B-](F)(F)F. The molecule has 1 aliphatic rings. The molecule has 0 fully saturated rings. The molecule has 1 aromatic rings. The van der Waals surface area contributed by atoms with Crippen LogP contribution in [0.3, 0.4) is 0 Å². The summed E-state index contributed by atoms with van der Waals surface area (Å²) in [6.45, 7) is 0. The average molecular weight is 326 g/mol. The molecule has 0 aromatic carbocycles. The lowest BCUT2D eigenvalue weighted by molar-refractivity contribution is 0.368. The van der Waals surface area contributed by atoms with Gasteiger partial charge in [-0.05, 0) is 6.26 Å². The molecule has 2 heterocycles. The first kappa shape index (κ1) is 14.9. The summed E-state index contributed by atoms with van der Waals surface area (Å²) in [6, 6.07) is 0. The van der Waals surface area contributed by atoms with E-state index in [2.05, 4.69) is 6.26 Å². The second kappa shape index (κ2) is 6.72. The predicted octanol–water partition coefficient (Wildman–Crippen LogP) is 5.31. The molecule has 92 valence electrons. The highest BCUT2D eigenvalue weighted by atomic mass is 32.2. The molecule has 0 unspecified atom stereocenters. The summed E-state index contributed by atoms with van der Waals surface area (Å²) in [5, 5.41) is 0. The first-order valence-electron chi connectivity index (χ1n) is 4.04. The van der Waals surface area contributed by atoms with Crippen molar-refractivity contribution in [1.29, 1.82) is 0 Å². The second-order valence-electron chi connectivity index (χ2n) is 2.42. The Morgan fingerprint density at radius 3 is 2.25 bits per heavy atom. The fraction of sp³-hybridized carbons (Fsp3) is 0.500. The van der Waals surface area contributed by atoms with Crippen molar-refractivity contribution in [2.75, 3.05) is 17.8 Å². The minimum absolute atomic E-state index is 1.29. The van der Waals surface area contributed by atoms with Crippen LogP contribution in [0.1, 0.15) is 0 Å². The Kier molecular flexibility index (Phi) is 6.28. The zero-order valence-corrected chi connectivity index (χ0v) is 12.1. The monoisotopic (exact) mass is 326 g/mol. The van der Waals surface area contributed by atoms with Crippen LogP contribution in [0.2, 0.25) is 0 Å². The molecule has 0 saturated carbocycles. The smallest absolute Gasteiger partial charge is 0.418 e. The quantitative estimate of drug-likeness (QED) is 0.297. The van der Waals surface area contributed by atoms with Gasteiger partial charge in [-0.25, -0.2) is 0 Å². The zero-order valence-electron chi connectivity index (χ0n) is 8.04. The van der Waals surface area contributed by atoms with Crippen LogP contribution in [0.4, 0.5) is 17.3 Å². The topological polar surface area (TPSA) is 0 Å². The normalized spacial score (nSPS) is 15.1. The van der Waals surface area contributed by atoms with Crippen molar-refractivity contribution in [1.82, 2.24) is 0 Å². The number of thioether (sulfide) groups is 3. The largest absolute Gasteiger partial charge is 0.673 e. The van der Waals surface area contributed by atoms with E-state index in [9.17, 15) is 17.3 Å². The van der Waals surface area contributed by atoms with Crippen LogP contribution in [0.5, 0.6) is 0 Å². The lowest BCUT2D eigenvalue weighted by Gasteiger charge is -2.00. The van der Waals surface area contributed by atoms with Gasteiger partial charge in [0, 0.05) is 11.5 Å². The molecule has 1 aromatic heterocycles. The van der Waals surface area contributed by atoms with Crippen molar-refractivity contribution in [2.45, 2.75) is 11.9 Å². The molecule has 0 radical (unpaired) electrons. The first-order chi connectivity index (χ1) is 7.40. The number of halogens is 4. The number of hydrogen-bond acceptors (Lipinski definition) is 4. The highest BCUT2D eigenvalue weighted by molar-refractivity contribution is 8.09. The molecule has 0 aliphatic carbocycles. The summed E-state index contributed by atoms with van der Waals surface area (Å²) in [7, 11) is -6.00. The van der Waals surface area contributed by atoms with Crippen LogP contribution in [-0.2, 0) is 0 Å². The van der Waals surface area contributed by atoms with Crippen molar-refractivity contribution in [3.63, 3.8) is 0 Å². The van der Waals surface area contributed by atoms with E-state index in [1.165, 1.54) is 15.0 Å². The summed E-state index contributed by atoms with van der Waals surface area (Å²) >= 11 is 9.83. The van der Waals surface area contributed by atoms with Crippen molar-refractivity contribution < 1.29 is 17.3 Å². The minimum atomic E-state index is -6.00. The average Bonchev–Trinajstić information content (AvgIpc) is 2.57. The van der Waals surface area contributed by atoms with Gasteiger partial charge < -0.3 is 17.3 Å². The van der Waals surface area contributed by atoms with Gasteiger partial charge in [-0.3, -0.25) is 0 Å². The maximum Gasteiger partial charge on any atom is 0.673 e. The van der Waals surface area contributed by atoms with Gasteiger partial charge in [0.05, 0.1) is 0 Å². The molecule has 16 heavy (non-hydrogen) atoms. The third-order valence-corrected chi connectivity index (χ3v) is 8.41. The Hall–Kier alpha value is 0.885. The van der Waals surface area contributed by atoms with E-state index >= 15 is 0 Å². The molecule has 0 nitrogen and oxygen atoms in total. The Bertz CT molecular complexity index is 309. The third-order valence-electron chi connectivity index (χ3n) is 1.24. The summed E-state index contributed by atoms with van der Waals surface area (Å²) in [5.74, 6) is 2.58. The van der Waals surface area contributed by atoms with Crippen LogP contribution >= 0.6 is 58.0 Å². The van der Waals surface area contributed by atoms with E-state index in [0.29, 0.717) is 0 Å². The van der Waals surface area contributed by atoms with Gasteiger partial charge in [0.2, 0.25) is 8.42 Å². The molecule has 1 aliphatic heterocycles. The van der Waals surface area contributed by atoms with Gasteiger partial charge in [-0.1, -0.05) is 35.3 Å². The molecule has 0 saturated heterocycles. The molecule has 0 amide bonds. The van der Waals surface area contributed by atoms with Gasteiger partial charge in [0.1, 0.15) is 22.7 Å². The molecular formula is C6H7BF4S5. The minimum Gasteiger partial charge on any atom is -0.418 e. The molecule has 0 N–H and O–H groups in total. The summed E-state index contributed by atoms with van der Waals surface area (Å²) in [6.07, 6.45) is 2.16. The van der Waals surface area contributed by atoms with Crippen LogP contribution in [0, 0.1) is 0 Å². The van der Waals surface area contributed by atoms with Crippen molar-refractivity contribution >= 4 is 65.2 Å². The number of rotatable bonds is 1. The van der Waals surface area contributed by atoms with Crippen LogP contribution in [-0.4, -0.2) is 25.0 Å². The molecular weight excluding hydrogens is 319 g/mol. The summed E-state index contributed by atoms with van der Waals surface area (Å²) < 4.78 is 43.6. The van der Waals surface area contributed by atoms with E-state index in [1.54, 1.807) is 8.42 Å². The van der Waals surface area contributed by atoms with E-state index < -0.39 is 7.25 Å². The Morgan fingerprint density at radius 1 is 1.19 bits per heavy atom. The van der Waals surface area contributed by atoms with Crippen molar-refractivity contribution in [2.24, 2.45) is 0 Å². The third kappa shape index (κ3) is 5.99. The predicted molar refractivity (Wildman–Crippen MR) is 70.0 cm³/mol. The van der Waals surface area contributed by atoms with Crippen molar-refractivity contribution in [3.05, 3.63) is 0 Å². The maximum absolute atomic E-state index is 9.75. The second-order valence-corrected chi connectivity index (χ2v) is 8.79. The highest BCUT2D eigenvalue weighted by Crippen LogP contribution is 2.48. The van der Waals surface area contributed by atoms with E-state index in [0.717, 1.165) is 0 Å². The Balaban J connectivity index is 0.000000221. The maximum atomic E-state index is 9.75. The Labute approximate surface area is 112 Å². The molecule has 2 rings (SSSR count). The zero-order chi connectivity index (χ0) is 12.2. The fourth-order valence-corrected chi connectivity index (χ4v) is 7.67. The van der Waals surface area contributed by atoms with E-state index in [4.69, 9.17) is 0 Å². The lowest BCUT2D eigenvalue weighted by atomic mass is 10.3. The van der Waals surface area contributed by atoms with Gasteiger partial charge in [0.25, 0.3) is 0 Å². The van der Waals surface area contributed by atoms with Crippen molar-refractivity contribution in [3.8, 4) is 0 Å². The Morgan fingerprint density at radius 2 is 1.75 bits per heavy atom. The first-order valence-corrected chi connectivity index (χ1v) is 8.87. The number of hydrogen-bond donors (Lipinski definition) is 0. The molecule has 0 spiro atoms. The molecule has 10 heteroatoms. The van der Waals surface area contributed by atoms with E-state index in [-0.39, 0.29) is 0 Å². The molecule has 0 bridgehead atoms. The lowest BCUT2D eigenvalue weighted by Crippen LogP contribution is -2.02. The summed E-state index contributed by atoms with van der Waals surface area (Å²) in [4.78, 5) is 0. The highest BCUT2D eigenvalue weighted by Gasteiger charge is 2.25. The molecule has 0 atom stereocenters. The standard InChI is InChI=1S/C6H7S5.BF4/c1-7-6-10-4-5(11-6)9-3-2-8-4;2-1(3,4)5/h2-3H2,1H3;/q+1;-1.